The Bertz CT molecular complexity index is 904. The molecule has 0 aliphatic rings. The topological polar surface area (TPSA) is 71.3 Å². The van der Waals surface area contributed by atoms with Gasteiger partial charge in [-0.1, -0.05) is 42.5 Å². The van der Waals surface area contributed by atoms with Gasteiger partial charge in [0.1, 0.15) is 5.76 Å². The Labute approximate surface area is 158 Å². The number of nitrogens with one attached hydrogen (secondary N) is 2. The second-order valence-corrected chi connectivity index (χ2v) is 6.37. The zero-order chi connectivity index (χ0) is 19.2. The summed E-state index contributed by atoms with van der Waals surface area (Å²) >= 11 is 0. The van der Waals surface area contributed by atoms with E-state index in [1.165, 1.54) is 6.92 Å². The third-order valence-corrected chi connectivity index (χ3v) is 4.31. The number of anilines is 1. The van der Waals surface area contributed by atoms with Crippen molar-refractivity contribution in [2.75, 3.05) is 5.32 Å². The molecule has 0 saturated heterocycles. The summed E-state index contributed by atoms with van der Waals surface area (Å²) < 4.78 is 5.56. The monoisotopic (exact) mass is 362 g/mol. The van der Waals surface area contributed by atoms with Gasteiger partial charge in [-0.05, 0) is 43.7 Å². The minimum Gasteiger partial charge on any atom is -0.467 e. The standard InChI is InChI=1S/C22H22N2O3/c1-15(22(26)24-19-11-6-10-18(14-19)16(2)25)23-21(20-12-7-13-27-20)17-8-4-3-5-9-17/h3-15,21,23H,1-2H3,(H,24,26)/t15-,21-/m0/s1. The summed E-state index contributed by atoms with van der Waals surface area (Å²) in [6, 6.07) is 19.7. The van der Waals surface area contributed by atoms with Gasteiger partial charge >= 0.3 is 0 Å². The highest BCUT2D eigenvalue weighted by Crippen LogP contribution is 2.23. The number of ketones is 1. The van der Waals surface area contributed by atoms with Crippen LogP contribution in [0.3, 0.4) is 0 Å². The maximum absolute atomic E-state index is 12.6. The van der Waals surface area contributed by atoms with E-state index in [1.807, 2.05) is 42.5 Å². The molecule has 1 aromatic heterocycles. The highest BCUT2D eigenvalue weighted by atomic mass is 16.3. The molecule has 0 radical (unpaired) electrons. The second-order valence-electron chi connectivity index (χ2n) is 6.37. The van der Waals surface area contributed by atoms with Crippen molar-refractivity contribution in [3.8, 4) is 0 Å². The number of hydrogen-bond donors (Lipinski definition) is 2. The normalized spacial score (nSPS) is 13.0. The first kappa shape index (κ1) is 18.6. The lowest BCUT2D eigenvalue weighted by atomic mass is 10.0. The number of rotatable bonds is 7. The number of furan rings is 1. The lowest BCUT2D eigenvalue weighted by molar-refractivity contribution is -0.117. The van der Waals surface area contributed by atoms with Crippen molar-refractivity contribution in [2.45, 2.75) is 25.9 Å². The van der Waals surface area contributed by atoms with Gasteiger partial charge in [-0.15, -0.1) is 0 Å². The van der Waals surface area contributed by atoms with E-state index < -0.39 is 6.04 Å². The fourth-order valence-electron chi connectivity index (χ4n) is 2.84. The number of hydrogen-bond acceptors (Lipinski definition) is 4. The van der Waals surface area contributed by atoms with Gasteiger partial charge in [-0.2, -0.15) is 0 Å². The molecule has 1 heterocycles. The Hall–Kier alpha value is -3.18. The molecular formula is C22H22N2O3. The molecule has 2 aromatic carbocycles. The Kier molecular flexibility index (Phi) is 5.84. The van der Waals surface area contributed by atoms with Crippen molar-refractivity contribution in [1.82, 2.24) is 5.32 Å². The van der Waals surface area contributed by atoms with Crippen molar-refractivity contribution in [1.29, 1.82) is 0 Å². The Morgan fingerprint density at radius 2 is 1.74 bits per heavy atom. The molecule has 0 aliphatic carbocycles. The van der Waals surface area contributed by atoms with Crippen LogP contribution in [-0.4, -0.2) is 17.7 Å². The van der Waals surface area contributed by atoms with Gasteiger partial charge in [0, 0.05) is 11.3 Å². The van der Waals surface area contributed by atoms with E-state index in [4.69, 9.17) is 4.42 Å². The van der Waals surface area contributed by atoms with Crippen LogP contribution < -0.4 is 10.6 Å². The quantitative estimate of drug-likeness (QED) is 0.618. The molecule has 138 valence electrons. The molecular weight excluding hydrogens is 340 g/mol. The molecule has 2 N–H and O–H groups in total. The van der Waals surface area contributed by atoms with Crippen LogP contribution in [0.5, 0.6) is 0 Å². The molecule has 5 heteroatoms. The van der Waals surface area contributed by atoms with E-state index >= 15 is 0 Å². The maximum Gasteiger partial charge on any atom is 0.241 e. The molecule has 0 spiro atoms. The Balaban J connectivity index is 1.74. The zero-order valence-electron chi connectivity index (χ0n) is 15.3. The molecule has 0 saturated carbocycles. The molecule has 1 amide bonds. The molecule has 0 fully saturated rings. The molecule has 27 heavy (non-hydrogen) atoms. The summed E-state index contributed by atoms with van der Waals surface area (Å²) in [7, 11) is 0. The van der Waals surface area contributed by atoms with Crippen molar-refractivity contribution in [3.63, 3.8) is 0 Å². The van der Waals surface area contributed by atoms with Crippen LogP contribution in [0.1, 0.15) is 41.6 Å². The molecule has 0 aliphatic heterocycles. The van der Waals surface area contributed by atoms with E-state index in [1.54, 1.807) is 37.5 Å². The van der Waals surface area contributed by atoms with Crippen LogP contribution >= 0.6 is 0 Å². The van der Waals surface area contributed by atoms with Crippen molar-refractivity contribution < 1.29 is 14.0 Å². The Morgan fingerprint density at radius 1 is 0.963 bits per heavy atom. The van der Waals surface area contributed by atoms with Crippen LogP contribution in [0.4, 0.5) is 5.69 Å². The van der Waals surface area contributed by atoms with Gasteiger partial charge < -0.3 is 9.73 Å². The third kappa shape index (κ3) is 4.71. The van der Waals surface area contributed by atoms with Gasteiger partial charge in [0.15, 0.2) is 5.78 Å². The molecule has 0 unspecified atom stereocenters. The first-order chi connectivity index (χ1) is 13.0. The maximum atomic E-state index is 12.6. The van der Waals surface area contributed by atoms with Crippen molar-refractivity contribution in [2.24, 2.45) is 0 Å². The number of benzene rings is 2. The summed E-state index contributed by atoms with van der Waals surface area (Å²) in [6.45, 7) is 3.29. The van der Waals surface area contributed by atoms with E-state index in [2.05, 4.69) is 10.6 Å². The highest BCUT2D eigenvalue weighted by Gasteiger charge is 2.22. The van der Waals surface area contributed by atoms with Crippen LogP contribution in [0.25, 0.3) is 0 Å². The largest absolute Gasteiger partial charge is 0.467 e. The lowest BCUT2D eigenvalue weighted by Gasteiger charge is -2.22. The van der Waals surface area contributed by atoms with Crippen LogP contribution in [-0.2, 0) is 4.79 Å². The third-order valence-electron chi connectivity index (χ3n) is 4.31. The summed E-state index contributed by atoms with van der Waals surface area (Å²) in [5.74, 6) is 0.502. The molecule has 2 atom stereocenters. The van der Waals surface area contributed by atoms with E-state index in [0.717, 1.165) is 11.3 Å². The van der Waals surface area contributed by atoms with E-state index in [0.29, 0.717) is 11.3 Å². The Morgan fingerprint density at radius 3 is 2.41 bits per heavy atom. The van der Waals surface area contributed by atoms with Gasteiger partial charge in [0.05, 0.1) is 18.3 Å². The van der Waals surface area contributed by atoms with Gasteiger partial charge in [-0.25, -0.2) is 0 Å². The molecule has 0 bridgehead atoms. The molecule has 3 aromatic rings. The minimum atomic E-state index is -0.485. The first-order valence-corrected chi connectivity index (χ1v) is 8.81. The number of Topliss-reactive ketones (excluding diaryl/α,β-unsaturated/α-hetero) is 1. The second kappa shape index (κ2) is 8.47. The summed E-state index contributed by atoms with van der Waals surface area (Å²) in [5, 5.41) is 6.18. The number of amides is 1. The number of carbonyl (C=O) groups is 2. The highest BCUT2D eigenvalue weighted by molar-refractivity contribution is 5.98. The van der Waals surface area contributed by atoms with Gasteiger partial charge in [-0.3, -0.25) is 14.9 Å². The summed E-state index contributed by atoms with van der Waals surface area (Å²) in [6.07, 6.45) is 1.62. The molecule has 5 nitrogen and oxygen atoms in total. The average molecular weight is 362 g/mol. The lowest BCUT2D eigenvalue weighted by Crippen LogP contribution is -2.40. The smallest absolute Gasteiger partial charge is 0.241 e. The fourth-order valence-corrected chi connectivity index (χ4v) is 2.84. The fraction of sp³-hybridized carbons (Fsp3) is 0.182. The zero-order valence-corrected chi connectivity index (χ0v) is 15.3. The van der Waals surface area contributed by atoms with Crippen LogP contribution in [0.2, 0.25) is 0 Å². The summed E-state index contributed by atoms with van der Waals surface area (Å²) in [5.41, 5.74) is 2.16. The van der Waals surface area contributed by atoms with Crippen LogP contribution in [0, 0.1) is 0 Å². The van der Waals surface area contributed by atoms with E-state index in [-0.39, 0.29) is 17.7 Å². The predicted molar refractivity (Wildman–Crippen MR) is 105 cm³/mol. The first-order valence-electron chi connectivity index (χ1n) is 8.81. The van der Waals surface area contributed by atoms with Gasteiger partial charge in [0.25, 0.3) is 0 Å². The number of carbonyl (C=O) groups excluding carboxylic acids is 2. The molecule has 3 rings (SSSR count). The van der Waals surface area contributed by atoms with Crippen molar-refractivity contribution >= 4 is 17.4 Å². The average Bonchev–Trinajstić information content (AvgIpc) is 3.21. The summed E-state index contributed by atoms with van der Waals surface area (Å²) in [4.78, 5) is 24.2. The predicted octanol–water partition coefficient (Wildman–Crippen LogP) is 4.19. The van der Waals surface area contributed by atoms with Crippen LogP contribution in [0.15, 0.2) is 77.4 Å². The van der Waals surface area contributed by atoms with Crippen molar-refractivity contribution in [3.05, 3.63) is 89.9 Å². The minimum absolute atomic E-state index is 0.0424. The SMILES string of the molecule is CC(=O)c1cccc(NC(=O)[C@H](C)N[C@@H](c2ccccc2)c2ccco2)c1. The van der Waals surface area contributed by atoms with E-state index in [9.17, 15) is 9.59 Å². The van der Waals surface area contributed by atoms with Gasteiger partial charge in [0.2, 0.25) is 5.91 Å².